The molecule has 1 aliphatic heterocycles. The number of aryl methyl sites for hydroxylation is 1. The summed E-state index contributed by atoms with van der Waals surface area (Å²) < 4.78 is 2.06. The fraction of sp³-hybridized carbons (Fsp3) is 0.133. The van der Waals surface area contributed by atoms with Crippen LogP contribution in [-0.2, 0) is 6.54 Å². The number of ketones is 1. The van der Waals surface area contributed by atoms with Gasteiger partial charge in [-0.25, -0.2) is 4.98 Å². The van der Waals surface area contributed by atoms with E-state index in [0.717, 1.165) is 16.9 Å². The highest BCUT2D eigenvalue weighted by Crippen LogP contribution is 2.34. The zero-order valence-electron chi connectivity index (χ0n) is 10.5. The largest absolute Gasteiger partial charge is 0.323 e. The normalized spacial score (nSPS) is 13.9. The summed E-state index contributed by atoms with van der Waals surface area (Å²) in [5, 5.41) is 0.572. The number of carbonyl (C=O) groups excluding carboxylic acids is 1. The second-order valence-corrected chi connectivity index (χ2v) is 5.20. The first-order chi connectivity index (χ1) is 9.75. The van der Waals surface area contributed by atoms with Gasteiger partial charge in [0.1, 0.15) is 11.3 Å². The number of nitrogens with zero attached hydrogens (tertiary/aromatic N) is 3. The second-order valence-electron chi connectivity index (χ2n) is 4.79. The molecule has 1 aromatic carbocycles. The number of benzene rings is 1. The van der Waals surface area contributed by atoms with E-state index in [9.17, 15) is 4.79 Å². The van der Waals surface area contributed by atoms with Crippen molar-refractivity contribution in [1.29, 1.82) is 0 Å². The second kappa shape index (κ2) is 4.15. The SMILES string of the molecule is O=C1CCn2c(-c3cccnc3)nc3c(Cl)ccc1c32. The molecule has 0 amide bonds. The monoisotopic (exact) mass is 283 g/mol. The van der Waals surface area contributed by atoms with Gasteiger partial charge in [0.25, 0.3) is 0 Å². The minimum atomic E-state index is 0.150. The lowest BCUT2D eigenvalue weighted by Gasteiger charge is -2.15. The lowest BCUT2D eigenvalue weighted by Crippen LogP contribution is -2.14. The average molecular weight is 284 g/mol. The molecule has 0 radical (unpaired) electrons. The lowest BCUT2D eigenvalue weighted by molar-refractivity contribution is 0.0973. The molecule has 0 aliphatic carbocycles. The van der Waals surface area contributed by atoms with Gasteiger partial charge < -0.3 is 4.57 Å². The van der Waals surface area contributed by atoms with Crippen LogP contribution in [0.15, 0.2) is 36.7 Å². The van der Waals surface area contributed by atoms with Crippen LogP contribution in [0.4, 0.5) is 0 Å². The zero-order valence-corrected chi connectivity index (χ0v) is 11.3. The molecule has 0 atom stereocenters. The molecule has 0 saturated heterocycles. The Kier molecular flexibility index (Phi) is 2.41. The molecule has 0 saturated carbocycles. The standard InChI is InChI=1S/C15H10ClN3O/c16-11-4-3-10-12(20)5-7-19-14(10)13(11)18-15(19)9-2-1-6-17-8-9/h1-4,6,8H,5,7H2. The minimum Gasteiger partial charge on any atom is -0.323 e. The summed E-state index contributed by atoms with van der Waals surface area (Å²) in [5.41, 5.74) is 3.17. The first kappa shape index (κ1) is 11.6. The third kappa shape index (κ3) is 1.51. The molecule has 0 N–H and O–H groups in total. The van der Waals surface area contributed by atoms with Gasteiger partial charge in [0, 0.05) is 36.5 Å². The van der Waals surface area contributed by atoms with E-state index < -0.39 is 0 Å². The molecule has 0 bridgehead atoms. The summed E-state index contributed by atoms with van der Waals surface area (Å²) in [5.74, 6) is 0.965. The Morgan fingerprint density at radius 1 is 1.25 bits per heavy atom. The van der Waals surface area contributed by atoms with Crippen molar-refractivity contribution < 1.29 is 4.79 Å². The summed E-state index contributed by atoms with van der Waals surface area (Å²) in [6, 6.07) is 7.37. The van der Waals surface area contributed by atoms with Gasteiger partial charge in [-0.2, -0.15) is 0 Å². The highest BCUT2D eigenvalue weighted by atomic mass is 35.5. The Morgan fingerprint density at radius 2 is 2.15 bits per heavy atom. The number of Topliss-reactive ketones (excluding diaryl/α,β-unsaturated/α-hetero) is 1. The first-order valence-corrected chi connectivity index (χ1v) is 6.76. The first-order valence-electron chi connectivity index (χ1n) is 6.38. The van der Waals surface area contributed by atoms with Gasteiger partial charge in [0.05, 0.1) is 10.5 Å². The van der Waals surface area contributed by atoms with Gasteiger partial charge >= 0.3 is 0 Å². The van der Waals surface area contributed by atoms with E-state index in [2.05, 4.69) is 14.5 Å². The molecule has 3 aromatic rings. The molecule has 0 unspecified atom stereocenters. The quantitative estimate of drug-likeness (QED) is 0.688. The van der Waals surface area contributed by atoms with Crippen molar-refractivity contribution in [3.8, 4) is 11.4 Å². The molecular formula is C15H10ClN3O. The van der Waals surface area contributed by atoms with E-state index in [4.69, 9.17) is 11.6 Å². The van der Waals surface area contributed by atoms with Crippen LogP contribution < -0.4 is 0 Å². The number of aromatic nitrogens is 3. The molecule has 3 heterocycles. The summed E-state index contributed by atoms with van der Waals surface area (Å²) in [7, 11) is 0. The van der Waals surface area contributed by atoms with E-state index >= 15 is 0 Å². The third-order valence-electron chi connectivity index (χ3n) is 3.63. The summed E-state index contributed by atoms with van der Waals surface area (Å²) >= 11 is 6.23. The Labute approximate surface area is 120 Å². The van der Waals surface area contributed by atoms with E-state index in [0.29, 0.717) is 29.1 Å². The van der Waals surface area contributed by atoms with Crippen LogP contribution in [0.3, 0.4) is 0 Å². The molecule has 98 valence electrons. The van der Waals surface area contributed by atoms with Gasteiger partial charge in [0.2, 0.25) is 0 Å². The van der Waals surface area contributed by atoms with Crippen molar-refractivity contribution in [3.63, 3.8) is 0 Å². The minimum absolute atomic E-state index is 0.150. The predicted molar refractivity (Wildman–Crippen MR) is 76.9 cm³/mol. The average Bonchev–Trinajstić information content (AvgIpc) is 2.87. The van der Waals surface area contributed by atoms with Gasteiger partial charge in [0.15, 0.2) is 5.78 Å². The maximum atomic E-state index is 12.0. The van der Waals surface area contributed by atoms with Crippen molar-refractivity contribution in [1.82, 2.24) is 14.5 Å². The van der Waals surface area contributed by atoms with Crippen molar-refractivity contribution in [3.05, 3.63) is 47.2 Å². The molecule has 4 nitrogen and oxygen atoms in total. The molecule has 2 aromatic heterocycles. The number of hydrogen-bond donors (Lipinski definition) is 0. The van der Waals surface area contributed by atoms with Gasteiger partial charge in [-0.1, -0.05) is 11.6 Å². The van der Waals surface area contributed by atoms with Crippen LogP contribution in [0, 0.1) is 0 Å². The maximum absolute atomic E-state index is 12.0. The highest BCUT2D eigenvalue weighted by Gasteiger charge is 2.25. The van der Waals surface area contributed by atoms with Crippen LogP contribution in [-0.4, -0.2) is 20.3 Å². The smallest absolute Gasteiger partial charge is 0.166 e. The van der Waals surface area contributed by atoms with Gasteiger partial charge in [-0.05, 0) is 24.3 Å². The number of hydrogen-bond acceptors (Lipinski definition) is 3. The van der Waals surface area contributed by atoms with Crippen LogP contribution in [0.5, 0.6) is 0 Å². The highest BCUT2D eigenvalue weighted by molar-refractivity contribution is 6.35. The van der Waals surface area contributed by atoms with Crippen LogP contribution in [0.1, 0.15) is 16.8 Å². The molecule has 20 heavy (non-hydrogen) atoms. The van der Waals surface area contributed by atoms with Crippen molar-refractivity contribution in [2.75, 3.05) is 0 Å². The van der Waals surface area contributed by atoms with E-state index in [-0.39, 0.29) is 5.78 Å². The van der Waals surface area contributed by atoms with E-state index in [1.165, 1.54) is 0 Å². The Morgan fingerprint density at radius 3 is 2.95 bits per heavy atom. The molecule has 0 fully saturated rings. The number of carbonyl (C=O) groups is 1. The van der Waals surface area contributed by atoms with Crippen molar-refractivity contribution in [2.45, 2.75) is 13.0 Å². The summed E-state index contributed by atoms with van der Waals surface area (Å²) in [4.78, 5) is 20.8. The number of rotatable bonds is 1. The van der Waals surface area contributed by atoms with E-state index in [1.54, 1.807) is 24.5 Å². The third-order valence-corrected chi connectivity index (χ3v) is 3.93. The summed E-state index contributed by atoms with van der Waals surface area (Å²) in [6.45, 7) is 0.632. The van der Waals surface area contributed by atoms with E-state index in [1.807, 2.05) is 12.1 Å². The Balaban J connectivity index is 2.11. The molecule has 5 heteroatoms. The zero-order chi connectivity index (χ0) is 13.7. The predicted octanol–water partition coefficient (Wildman–Crippen LogP) is 3.34. The Hall–Kier alpha value is -2.20. The fourth-order valence-corrected chi connectivity index (χ4v) is 2.91. The lowest BCUT2D eigenvalue weighted by atomic mass is 10.0. The van der Waals surface area contributed by atoms with Crippen molar-refractivity contribution in [2.24, 2.45) is 0 Å². The van der Waals surface area contributed by atoms with Crippen LogP contribution in [0.25, 0.3) is 22.4 Å². The van der Waals surface area contributed by atoms with Crippen LogP contribution in [0.2, 0.25) is 5.02 Å². The van der Waals surface area contributed by atoms with Gasteiger partial charge in [-0.15, -0.1) is 0 Å². The molecule has 1 aliphatic rings. The fourth-order valence-electron chi connectivity index (χ4n) is 2.71. The molecular weight excluding hydrogens is 274 g/mol. The molecule has 4 rings (SSSR count). The number of imidazole rings is 1. The number of halogens is 1. The van der Waals surface area contributed by atoms with Gasteiger partial charge in [-0.3, -0.25) is 9.78 Å². The summed E-state index contributed by atoms with van der Waals surface area (Å²) in [6.07, 6.45) is 3.99. The maximum Gasteiger partial charge on any atom is 0.166 e. The molecule has 0 spiro atoms. The van der Waals surface area contributed by atoms with Crippen molar-refractivity contribution >= 4 is 28.4 Å². The number of pyridine rings is 1. The van der Waals surface area contributed by atoms with Crippen LogP contribution >= 0.6 is 11.6 Å². The topological polar surface area (TPSA) is 47.8 Å². The Bertz CT molecular complexity index is 839.